The Hall–Kier alpha value is -1.02. The van der Waals surface area contributed by atoms with Gasteiger partial charge in [-0.25, -0.2) is 17.8 Å². The van der Waals surface area contributed by atoms with Gasteiger partial charge in [0.2, 0.25) is 0 Å². The van der Waals surface area contributed by atoms with Crippen LogP contribution in [0.5, 0.6) is 0 Å². The van der Waals surface area contributed by atoms with Gasteiger partial charge >= 0.3 is 0 Å². The van der Waals surface area contributed by atoms with Crippen LogP contribution in [-0.2, 0) is 16.6 Å². The van der Waals surface area contributed by atoms with Gasteiger partial charge in [-0.3, -0.25) is 0 Å². The Morgan fingerprint density at radius 1 is 1.33 bits per heavy atom. The number of nitrogens with one attached hydrogen (secondary N) is 1. The SMILES string of the molecule is CC1CCCC(C)N1NS(=O)(=O)c1ccc(F)c(CN)c1. The second kappa shape index (κ2) is 6.39. The number of nitrogens with zero attached hydrogens (tertiary/aromatic N) is 1. The van der Waals surface area contributed by atoms with Crippen LogP contribution in [0.25, 0.3) is 0 Å². The van der Waals surface area contributed by atoms with Gasteiger partial charge in [0, 0.05) is 24.2 Å². The zero-order valence-corrected chi connectivity index (χ0v) is 13.2. The standard InChI is InChI=1S/C14H22FN3O2S/c1-10-4-3-5-11(2)18(10)17-21(19,20)13-6-7-14(15)12(8-13)9-16/h6-8,10-11,17H,3-5,9,16H2,1-2H3. The Labute approximate surface area is 125 Å². The van der Waals surface area contributed by atoms with Crippen LogP contribution in [0.2, 0.25) is 0 Å². The molecule has 1 saturated heterocycles. The first-order valence-electron chi connectivity index (χ1n) is 7.14. The molecule has 1 heterocycles. The Morgan fingerprint density at radius 2 is 1.95 bits per heavy atom. The number of rotatable bonds is 4. The molecule has 0 amide bonds. The maximum atomic E-state index is 13.4. The van der Waals surface area contributed by atoms with Crippen LogP contribution >= 0.6 is 0 Å². The molecule has 0 aromatic heterocycles. The van der Waals surface area contributed by atoms with Gasteiger partial charge in [-0.15, -0.1) is 4.83 Å². The first kappa shape index (κ1) is 16.4. The summed E-state index contributed by atoms with van der Waals surface area (Å²) in [5, 5.41) is 1.77. The van der Waals surface area contributed by atoms with E-state index < -0.39 is 15.8 Å². The Bertz CT molecular complexity index is 596. The quantitative estimate of drug-likeness (QED) is 0.887. The molecule has 0 saturated carbocycles. The lowest BCUT2D eigenvalue weighted by atomic mass is 10.0. The summed E-state index contributed by atoms with van der Waals surface area (Å²) in [6.45, 7) is 3.95. The molecule has 1 aliphatic rings. The van der Waals surface area contributed by atoms with Crippen molar-refractivity contribution >= 4 is 10.0 Å². The van der Waals surface area contributed by atoms with Gasteiger partial charge in [0.15, 0.2) is 0 Å². The van der Waals surface area contributed by atoms with Gasteiger partial charge in [0.25, 0.3) is 10.0 Å². The molecule has 0 radical (unpaired) electrons. The molecular weight excluding hydrogens is 293 g/mol. The predicted octanol–water partition coefficient (Wildman–Crippen LogP) is 1.74. The molecule has 2 rings (SSSR count). The fraction of sp³-hybridized carbons (Fsp3) is 0.571. The van der Waals surface area contributed by atoms with Crippen LogP contribution in [0.4, 0.5) is 4.39 Å². The van der Waals surface area contributed by atoms with Crippen molar-refractivity contribution in [2.45, 2.75) is 56.6 Å². The maximum absolute atomic E-state index is 13.4. The van der Waals surface area contributed by atoms with E-state index in [9.17, 15) is 12.8 Å². The number of benzene rings is 1. The average Bonchev–Trinajstić information content (AvgIpc) is 2.43. The number of hydrogen-bond acceptors (Lipinski definition) is 4. The molecule has 1 aromatic carbocycles. The van der Waals surface area contributed by atoms with Gasteiger partial charge in [-0.05, 0) is 44.9 Å². The Kier molecular flexibility index (Phi) is 4.98. The highest BCUT2D eigenvalue weighted by molar-refractivity contribution is 7.89. The number of halogens is 1. The molecule has 5 nitrogen and oxygen atoms in total. The molecule has 1 aliphatic heterocycles. The Balaban J connectivity index is 2.25. The van der Waals surface area contributed by atoms with Gasteiger partial charge in [0.1, 0.15) is 5.82 Å². The van der Waals surface area contributed by atoms with E-state index in [0.29, 0.717) is 0 Å². The van der Waals surface area contributed by atoms with Crippen molar-refractivity contribution in [1.29, 1.82) is 0 Å². The number of piperidine rings is 1. The summed E-state index contributed by atoms with van der Waals surface area (Å²) in [6, 6.07) is 3.96. The molecular formula is C14H22FN3O2S. The van der Waals surface area contributed by atoms with Crippen LogP contribution < -0.4 is 10.6 Å². The highest BCUT2D eigenvalue weighted by Gasteiger charge is 2.29. The lowest BCUT2D eigenvalue weighted by molar-refractivity contribution is 0.0790. The topological polar surface area (TPSA) is 75.4 Å². The number of hydrazine groups is 1. The van der Waals surface area contributed by atoms with Crippen LogP contribution in [0.15, 0.2) is 23.1 Å². The predicted molar refractivity (Wildman–Crippen MR) is 79.2 cm³/mol. The van der Waals surface area contributed by atoms with Gasteiger partial charge < -0.3 is 5.73 Å². The smallest absolute Gasteiger partial charge is 0.253 e. The van der Waals surface area contributed by atoms with Crippen LogP contribution in [0, 0.1) is 5.82 Å². The minimum atomic E-state index is -3.72. The molecule has 1 fully saturated rings. The summed E-state index contributed by atoms with van der Waals surface area (Å²) in [7, 11) is -3.72. The summed E-state index contributed by atoms with van der Waals surface area (Å²) in [5.74, 6) is -0.490. The van der Waals surface area contributed by atoms with E-state index in [2.05, 4.69) is 4.83 Å². The lowest BCUT2D eigenvalue weighted by Gasteiger charge is -2.38. The summed E-state index contributed by atoms with van der Waals surface area (Å²) >= 11 is 0. The summed E-state index contributed by atoms with van der Waals surface area (Å²) in [5.41, 5.74) is 5.62. The molecule has 0 spiro atoms. The monoisotopic (exact) mass is 315 g/mol. The fourth-order valence-corrected chi connectivity index (χ4v) is 3.95. The Morgan fingerprint density at radius 3 is 2.52 bits per heavy atom. The van der Waals surface area contributed by atoms with E-state index in [1.54, 1.807) is 5.01 Å². The second-order valence-corrected chi connectivity index (χ2v) is 7.25. The van der Waals surface area contributed by atoms with E-state index >= 15 is 0 Å². The summed E-state index contributed by atoms with van der Waals surface area (Å²) in [6.07, 6.45) is 2.99. The molecule has 0 aliphatic carbocycles. The van der Waals surface area contributed by atoms with Crippen LogP contribution in [-0.4, -0.2) is 25.5 Å². The molecule has 0 bridgehead atoms. The minimum absolute atomic E-state index is 0.0360. The van der Waals surface area contributed by atoms with E-state index in [1.807, 2.05) is 13.8 Å². The van der Waals surface area contributed by atoms with Crippen LogP contribution in [0.1, 0.15) is 38.7 Å². The molecule has 2 atom stereocenters. The highest BCUT2D eigenvalue weighted by Crippen LogP contribution is 2.22. The minimum Gasteiger partial charge on any atom is -0.326 e. The van der Waals surface area contributed by atoms with Crippen molar-refractivity contribution in [1.82, 2.24) is 9.84 Å². The van der Waals surface area contributed by atoms with Gasteiger partial charge in [-0.1, -0.05) is 6.42 Å². The first-order valence-corrected chi connectivity index (χ1v) is 8.62. The van der Waals surface area contributed by atoms with Crippen molar-refractivity contribution in [2.24, 2.45) is 5.73 Å². The van der Waals surface area contributed by atoms with E-state index in [0.717, 1.165) is 25.3 Å². The largest absolute Gasteiger partial charge is 0.326 e. The van der Waals surface area contributed by atoms with Crippen LogP contribution in [0.3, 0.4) is 0 Å². The van der Waals surface area contributed by atoms with Crippen molar-refractivity contribution in [3.63, 3.8) is 0 Å². The van der Waals surface area contributed by atoms with Crippen molar-refractivity contribution < 1.29 is 12.8 Å². The second-order valence-electron chi connectivity index (χ2n) is 5.59. The molecule has 2 unspecified atom stereocenters. The first-order chi connectivity index (χ1) is 9.85. The number of sulfonamides is 1. The molecule has 7 heteroatoms. The highest BCUT2D eigenvalue weighted by atomic mass is 32.2. The van der Waals surface area contributed by atoms with E-state index in [4.69, 9.17) is 5.73 Å². The lowest BCUT2D eigenvalue weighted by Crippen LogP contribution is -2.53. The van der Waals surface area contributed by atoms with Gasteiger partial charge in [0.05, 0.1) is 4.90 Å². The third-order valence-corrected chi connectivity index (χ3v) is 5.29. The maximum Gasteiger partial charge on any atom is 0.253 e. The molecule has 118 valence electrons. The molecule has 21 heavy (non-hydrogen) atoms. The molecule has 1 aromatic rings. The van der Waals surface area contributed by atoms with E-state index in [1.165, 1.54) is 12.1 Å². The summed E-state index contributed by atoms with van der Waals surface area (Å²) in [4.78, 5) is 2.66. The normalized spacial score (nSPS) is 24.2. The fourth-order valence-electron chi connectivity index (χ4n) is 2.67. The summed E-state index contributed by atoms with van der Waals surface area (Å²) < 4.78 is 38.3. The molecule has 3 N–H and O–H groups in total. The van der Waals surface area contributed by atoms with Crippen molar-refractivity contribution in [3.05, 3.63) is 29.6 Å². The number of hydrogen-bond donors (Lipinski definition) is 2. The zero-order chi connectivity index (χ0) is 15.6. The van der Waals surface area contributed by atoms with Gasteiger partial charge in [-0.2, -0.15) is 0 Å². The average molecular weight is 315 g/mol. The third-order valence-electron chi connectivity index (χ3n) is 3.97. The third kappa shape index (κ3) is 3.60. The van der Waals surface area contributed by atoms with E-state index in [-0.39, 0.29) is 29.1 Å². The zero-order valence-electron chi connectivity index (χ0n) is 12.3. The number of nitrogens with two attached hydrogens (primary N) is 1. The van der Waals surface area contributed by atoms with Crippen molar-refractivity contribution in [2.75, 3.05) is 0 Å². The van der Waals surface area contributed by atoms with Crippen molar-refractivity contribution in [3.8, 4) is 0 Å².